The van der Waals surface area contributed by atoms with Crippen LogP contribution in [0.5, 0.6) is 0 Å². The van der Waals surface area contributed by atoms with E-state index in [1.165, 1.54) is 0 Å². The molecular weight excluding hydrogens is 294 g/mol. The van der Waals surface area contributed by atoms with Crippen LogP contribution in [0.15, 0.2) is 43.0 Å². The van der Waals surface area contributed by atoms with Crippen LogP contribution in [0.25, 0.3) is 17.1 Å². The zero-order valence-electron chi connectivity index (χ0n) is 12.3. The first-order chi connectivity index (χ1) is 11.2. The van der Waals surface area contributed by atoms with Gasteiger partial charge in [-0.25, -0.2) is 14.6 Å². The highest BCUT2D eigenvalue weighted by Gasteiger charge is 2.26. The molecular formula is C16H15N5O2. The lowest BCUT2D eigenvalue weighted by molar-refractivity contribution is -0.142. The lowest BCUT2D eigenvalue weighted by Gasteiger charge is -2.18. The number of fused-ring (bicyclic) bond motifs is 1. The Morgan fingerprint density at radius 1 is 1.26 bits per heavy atom. The molecule has 1 atom stereocenters. The Morgan fingerprint density at radius 3 is 2.78 bits per heavy atom. The average Bonchev–Trinajstić information content (AvgIpc) is 3.23. The van der Waals surface area contributed by atoms with Crippen molar-refractivity contribution in [2.24, 2.45) is 5.92 Å². The number of aliphatic carboxylic acids is 1. The van der Waals surface area contributed by atoms with Crippen LogP contribution in [0.1, 0.15) is 12.2 Å². The van der Waals surface area contributed by atoms with E-state index in [9.17, 15) is 4.79 Å². The van der Waals surface area contributed by atoms with Gasteiger partial charge >= 0.3 is 5.97 Å². The zero-order valence-corrected chi connectivity index (χ0v) is 12.3. The summed E-state index contributed by atoms with van der Waals surface area (Å²) < 4.78 is 3.65. The maximum atomic E-state index is 11.1. The second kappa shape index (κ2) is 5.35. The van der Waals surface area contributed by atoms with Gasteiger partial charge in [-0.1, -0.05) is 0 Å². The quantitative estimate of drug-likeness (QED) is 0.797. The smallest absolute Gasteiger partial charge is 0.308 e. The summed E-state index contributed by atoms with van der Waals surface area (Å²) >= 11 is 0. The SMILES string of the molecule is O=C(O)C1CCc2nc(-c3ccc(-n4ccnc4)cc3)nn2C1. The van der Waals surface area contributed by atoms with Crippen LogP contribution in [-0.4, -0.2) is 35.4 Å². The summed E-state index contributed by atoms with van der Waals surface area (Å²) in [5, 5.41) is 13.6. The molecule has 3 aromatic rings. The highest BCUT2D eigenvalue weighted by molar-refractivity contribution is 5.70. The number of hydrogen-bond donors (Lipinski definition) is 1. The van der Waals surface area contributed by atoms with Crippen LogP contribution >= 0.6 is 0 Å². The van der Waals surface area contributed by atoms with E-state index in [4.69, 9.17) is 5.11 Å². The first-order valence-electron chi connectivity index (χ1n) is 7.46. The Kier molecular flexibility index (Phi) is 3.18. The lowest BCUT2D eigenvalue weighted by atomic mass is 10.0. The molecule has 0 saturated carbocycles. The van der Waals surface area contributed by atoms with Gasteiger partial charge in [0.1, 0.15) is 5.82 Å². The van der Waals surface area contributed by atoms with Crippen molar-refractivity contribution in [1.82, 2.24) is 24.3 Å². The highest BCUT2D eigenvalue weighted by atomic mass is 16.4. The van der Waals surface area contributed by atoms with Crippen molar-refractivity contribution in [1.29, 1.82) is 0 Å². The van der Waals surface area contributed by atoms with Crippen LogP contribution in [0.3, 0.4) is 0 Å². The van der Waals surface area contributed by atoms with Crippen molar-refractivity contribution >= 4 is 5.97 Å². The molecule has 0 radical (unpaired) electrons. The number of hydrogen-bond acceptors (Lipinski definition) is 4. The largest absolute Gasteiger partial charge is 0.481 e. The molecule has 0 spiro atoms. The maximum absolute atomic E-state index is 11.1. The molecule has 0 fully saturated rings. The normalized spacial score (nSPS) is 17.0. The molecule has 4 rings (SSSR count). The van der Waals surface area contributed by atoms with Gasteiger partial charge in [-0.3, -0.25) is 4.79 Å². The molecule has 1 N–H and O–H groups in total. The van der Waals surface area contributed by atoms with Crippen molar-refractivity contribution in [3.05, 3.63) is 48.8 Å². The highest BCUT2D eigenvalue weighted by Crippen LogP contribution is 2.23. The molecule has 1 aromatic carbocycles. The Balaban J connectivity index is 1.61. The second-order valence-corrected chi connectivity index (χ2v) is 5.62. The zero-order chi connectivity index (χ0) is 15.8. The minimum absolute atomic E-state index is 0.374. The molecule has 1 aliphatic heterocycles. The Morgan fingerprint density at radius 2 is 2.09 bits per heavy atom. The number of aryl methyl sites for hydroxylation is 1. The summed E-state index contributed by atoms with van der Waals surface area (Å²) in [6.07, 6.45) is 6.63. The minimum Gasteiger partial charge on any atom is -0.481 e. The molecule has 23 heavy (non-hydrogen) atoms. The molecule has 0 saturated heterocycles. The van der Waals surface area contributed by atoms with Crippen LogP contribution in [-0.2, 0) is 17.8 Å². The molecule has 0 aliphatic carbocycles. The van der Waals surface area contributed by atoms with E-state index >= 15 is 0 Å². The summed E-state index contributed by atoms with van der Waals surface area (Å²) in [4.78, 5) is 19.7. The predicted molar refractivity (Wildman–Crippen MR) is 82.0 cm³/mol. The number of imidazole rings is 1. The molecule has 1 aliphatic rings. The van der Waals surface area contributed by atoms with E-state index in [-0.39, 0.29) is 5.92 Å². The standard InChI is InChI=1S/C16H15N5O2/c22-16(23)12-3-6-14-18-15(19-21(14)9-12)11-1-4-13(5-2-11)20-8-7-17-10-20/h1-2,4-5,7-8,10,12H,3,6,9H2,(H,22,23). The molecule has 116 valence electrons. The Hall–Kier alpha value is -2.96. The van der Waals surface area contributed by atoms with Crippen molar-refractivity contribution < 1.29 is 9.90 Å². The summed E-state index contributed by atoms with van der Waals surface area (Å²) in [6.45, 7) is 0.394. The Bertz CT molecular complexity index is 836. The van der Waals surface area contributed by atoms with Crippen molar-refractivity contribution in [3.8, 4) is 17.1 Å². The monoisotopic (exact) mass is 309 g/mol. The summed E-state index contributed by atoms with van der Waals surface area (Å²) in [5.74, 6) is 0.359. The first kappa shape index (κ1) is 13.7. The van der Waals surface area contributed by atoms with E-state index in [2.05, 4.69) is 15.1 Å². The van der Waals surface area contributed by atoms with Gasteiger partial charge in [0.05, 0.1) is 18.8 Å². The lowest BCUT2D eigenvalue weighted by Crippen LogP contribution is -2.27. The number of benzene rings is 1. The van der Waals surface area contributed by atoms with Crippen LogP contribution in [0.4, 0.5) is 0 Å². The van der Waals surface area contributed by atoms with Crippen molar-refractivity contribution in [3.63, 3.8) is 0 Å². The van der Waals surface area contributed by atoms with Crippen LogP contribution in [0.2, 0.25) is 0 Å². The van der Waals surface area contributed by atoms with Gasteiger partial charge in [0, 0.05) is 30.1 Å². The van der Waals surface area contributed by atoms with Gasteiger partial charge in [-0.15, -0.1) is 0 Å². The van der Waals surface area contributed by atoms with E-state index < -0.39 is 5.97 Å². The molecule has 1 unspecified atom stereocenters. The molecule has 7 heteroatoms. The average molecular weight is 309 g/mol. The van der Waals surface area contributed by atoms with E-state index in [0.29, 0.717) is 25.2 Å². The van der Waals surface area contributed by atoms with Crippen molar-refractivity contribution in [2.75, 3.05) is 0 Å². The van der Waals surface area contributed by atoms with Gasteiger partial charge < -0.3 is 9.67 Å². The van der Waals surface area contributed by atoms with Gasteiger partial charge in [-0.2, -0.15) is 5.10 Å². The van der Waals surface area contributed by atoms with Crippen LogP contribution < -0.4 is 0 Å². The number of rotatable bonds is 3. The second-order valence-electron chi connectivity index (χ2n) is 5.62. The minimum atomic E-state index is -0.766. The molecule has 3 heterocycles. The Labute approximate surface area is 132 Å². The van der Waals surface area contributed by atoms with E-state index in [1.807, 2.05) is 35.0 Å². The third-order valence-corrected chi connectivity index (χ3v) is 4.14. The number of aromatic nitrogens is 5. The predicted octanol–water partition coefficient (Wildman–Crippen LogP) is 1.78. The number of nitrogens with zero attached hydrogens (tertiary/aromatic N) is 5. The number of carbonyl (C=O) groups is 1. The summed E-state index contributed by atoms with van der Waals surface area (Å²) in [6, 6.07) is 7.89. The topological polar surface area (TPSA) is 85.8 Å². The van der Waals surface area contributed by atoms with E-state index in [0.717, 1.165) is 17.1 Å². The van der Waals surface area contributed by atoms with Crippen LogP contribution in [0, 0.1) is 5.92 Å². The van der Waals surface area contributed by atoms with Crippen molar-refractivity contribution in [2.45, 2.75) is 19.4 Å². The molecule has 7 nitrogen and oxygen atoms in total. The summed E-state index contributed by atoms with van der Waals surface area (Å²) in [7, 11) is 0. The van der Waals surface area contributed by atoms with Gasteiger partial charge in [0.2, 0.25) is 0 Å². The van der Waals surface area contributed by atoms with Gasteiger partial charge in [0.25, 0.3) is 0 Å². The first-order valence-corrected chi connectivity index (χ1v) is 7.46. The van der Waals surface area contributed by atoms with Gasteiger partial charge in [0.15, 0.2) is 5.82 Å². The molecule has 2 aromatic heterocycles. The maximum Gasteiger partial charge on any atom is 0.308 e. The third kappa shape index (κ3) is 2.50. The van der Waals surface area contributed by atoms with E-state index in [1.54, 1.807) is 17.2 Å². The number of carboxylic acid groups (broad SMARTS) is 1. The molecule has 0 bridgehead atoms. The fourth-order valence-corrected chi connectivity index (χ4v) is 2.83. The van der Waals surface area contributed by atoms with Gasteiger partial charge in [-0.05, 0) is 30.7 Å². The fraction of sp³-hybridized carbons (Fsp3) is 0.250. The molecule has 0 amide bonds. The number of carboxylic acids is 1. The fourth-order valence-electron chi connectivity index (χ4n) is 2.83. The summed E-state index contributed by atoms with van der Waals surface area (Å²) in [5.41, 5.74) is 1.93. The third-order valence-electron chi connectivity index (χ3n) is 4.14.